The molecule has 0 amide bonds. The number of halogens is 6. The van der Waals surface area contributed by atoms with Crippen LogP contribution in [0.15, 0.2) is 6.07 Å². The van der Waals surface area contributed by atoms with Crippen LogP contribution in [0.1, 0.15) is 17.7 Å². The Hall–Kier alpha value is -1.47. The average Bonchev–Trinajstić information content (AvgIpc) is 2.15. The highest BCUT2D eigenvalue weighted by Gasteiger charge is 2.35. The maximum Gasteiger partial charge on any atom is 0.433 e. The highest BCUT2D eigenvalue weighted by Crippen LogP contribution is 2.34. The van der Waals surface area contributed by atoms with E-state index in [9.17, 15) is 26.3 Å². The summed E-state index contributed by atoms with van der Waals surface area (Å²) in [6.45, 7) is 0. The van der Waals surface area contributed by atoms with Crippen molar-refractivity contribution in [2.24, 2.45) is 0 Å². The molecule has 0 aromatic carbocycles. The molecule has 0 aliphatic carbocycles. The first-order valence-electron chi connectivity index (χ1n) is 3.87. The summed E-state index contributed by atoms with van der Waals surface area (Å²) in [5.74, 6) is -2.70. The summed E-state index contributed by atoms with van der Waals surface area (Å²) in [4.78, 5) is 2.75. The Kier molecular flexibility index (Phi) is 3.30. The van der Waals surface area contributed by atoms with Gasteiger partial charge < -0.3 is 4.74 Å². The minimum Gasteiger partial charge on any atom is -0.479 e. The second-order valence-corrected chi connectivity index (χ2v) is 2.72. The molecule has 1 rings (SSSR count). The second-order valence-electron chi connectivity index (χ2n) is 2.72. The lowest BCUT2D eigenvalue weighted by Gasteiger charge is -2.11. The molecule has 0 saturated carbocycles. The normalized spacial score (nSPS) is 12.0. The van der Waals surface area contributed by atoms with Gasteiger partial charge in [0.1, 0.15) is 5.69 Å². The summed E-state index contributed by atoms with van der Waals surface area (Å²) >= 11 is 0. The maximum absolute atomic E-state index is 13.1. The Labute approximate surface area is 85.9 Å². The van der Waals surface area contributed by atoms with Crippen molar-refractivity contribution in [2.45, 2.75) is 12.6 Å². The van der Waals surface area contributed by atoms with E-state index in [0.717, 1.165) is 7.11 Å². The van der Waals surface area contributed by atoms with E-state index >= 15 is 0 Å². The number of methoxy groups -OCH3 is 1. The Balaban J connectivity index is 3.40. The number of hydrogen-bond acceptors (Lipinski definition) is 2. The number of hydrogen-bond donors (Lipinski definition) is 0. The predicted molar refractivity (Wildman–Crippen MR) is 40.7 cm³/mol. The van der Waals surface area contributed by atoms with Crippen LogP contribution in [0.4, 0.5) is 26.3 Å². The van der Waals surface area contributed by atoms with Crippen molar-refractivity contribution < 1.29 is 31.1 Å². The Morgan fingerprint density at radius 3 is 2.25 bits per heavy atom. The number of ether oxygens (including phenoxy) is 1. The first-order valence-corrected chi connectivity index (χ1v) is 3.87. The number of rotatable bonds is 2. The topological polar surface area (TPSA) is 22.1 Å². The van der Waals surface area contributed by atoms with Gasteiger partial charge in [0.2, 0.25) is 0 Å². The molecule has 0 aliphatic rings. The van der Waals surface area contributed by atoms with Crippen molar-refractivity contribution in [3.63, 3.8) is 0 Å². The Bertz CT molecular complexity index is 389. The van der Waals surface area contributed by atoms with Crippen LogP contribution in [-0.2, 0) is 6.18 Å². The number of nitrogens with zero attached hydrogens (tertiary/aromatic N) is 1. The molecule has 0 aliphatic heterocycles. The fraction of sp³-hybridized carbons (Fsp3) is 0.375. The molecule has 0 radical (unpaired) electrons. The molecule has 16 heavy (non-hydrogen) atoms. The molecule has 0 atom stereocenters. The van der Waals surface area contributed by atoms with Crippen molar-refractivity contribution in [2.75, 3.05) is 7.11 Å². The van der Waals surface area contributed by atoms with E-state index in [4.69, 9.17) is 0 Å². The van der Waals surface area contributed by atoms with Crippen molar-refractivity contribution in [1.29, 1.82) is 0 Å². The Morgan fingerprint density at radius 2 is 1.88 bits per heavy atom. The lowest BCUT2D eigenvalue weighted by molar-refractivity contribution is -0.141. The summed E-state index contributed by atoms with van der Waals surface area (Å²) in [5.41, 5.74) is -3.01. The molecule has 1 aromatic heterocycles. The molecule has 90 valence electrons. The molecular formula is C8H5F6NO. The average molecular weight is 245 g/mol. The molecule has 0 unspecified atom stereocenters. The highest BCUT2D eigenvalue weighted by molar-refractivity contribution is 5.29. The van der Waals surface area contributed by atoms with Crippen LogP contribution < -0.4 is 4.74 Å². The summed E-state index contributed by atoms with van der Waals surface area (Å²) < 4.78 is 78.2. The predicted octanol–water partition coefficient (Wildman–Crippen LogP) is 3.19. The van der Waals surface area contributed by atoms with Gasteiger partial charge in [0.15, 0.2) is 5.82 Å². The molecule has 0 bridgehead atoms. The van der Waals surface area contributed by atoms with Crippen LogP contribution in [0.2, 0.25) is 0 Å². The molecule has 1 heterocycles. The summed E-state index contributed by atoms with van der Waals surface area (Å²) in [7, 11) is 0.834. The third-order valence-electron chi connectivity index (χ3n) is 1.67. The SMILES string of the molecule is COc1nc(C(F)(F)F)cc(C(F)F)c1F. The minimum absolute atomic E-state index is 0.0392. The van der Waals surface area contributed by atoms with Gasteiger partial charge in [-0.3, -0.25) is 0 Å². The van der Waals surface area contributed by atoms with E-state index in [-0.39, 0.29) is 6.07 Å². The molecule has 0 saturated heterocycles. The van der Waals surface area contributed by atoms with E-state index in [1.54, 1.807) is 0 Å². The van der Waals surface area contributed by atoms with Crippen LogP contribution >= 0.6 is 0 Å². The molecule has 2 nitrogen and oxygen atoms in total. The van der Waals surface area contributed by atoms with Gasteiger partial charge in [0.25, 0.3) is 12.3 Å². The fourth-order valence-electron chi connectivity index (χ4n) is 0.964. The van der Waals surface area contributed by atoms with Crippen molar-refractivity contribution in [1.82, 2.24) is 4.98 Å². The maximum atomic E-state index is 13.1. The third kappa shape index (κ3) is 2.37. The summed E-state index contributed by atoms with van der Waals surface area (Å²) in [6, 6.07) is -0.0392. The van der Waals surface area contributed by atoms with Crippen LogP contribution in [-0.4, -0.2) is 12.1 Å². The zero-order valence-corrected chi connectivity index (χ0v) is 7.78. The van der Waals surface area contributed by atoms with E-state index < -0.39 is 35.6 Å². The van der Waals surface area contributed by atoms with Gasteiger partial charge in [-0.05, 0) is 6.07 Å². The largest absolute Gasteiger partial charge is 0.479 e. The van der Waals surface area contributed by atoms with Crippen molar-refractivity contribution in [3.8, 4) is 5.88 Å². The van der Waals surface area contributed by atoms with Gasteiger partial charge >= 0.3 is 6.18 Å². The minimum atomic E-state index is -4.94. The van der Waals surface area contributed by atoms with Gasteiger partial charge in [-0.15, -0.1) is 0 Å². The highest BCUT2D eigenvalue weighted by atomic mass is 19.4. The standard InChI is InChI=1S/C8H5F6NO/c1-16-7-5(9)3(6(10)11)2-4(15-7)8(12,13)14/h2,6H,1H3. The van der Waals surface area contributed by atoms with Crippen molar-refractivity contribution in [3.05, 3.63) is 23.1 Å². The van der Waals surface area contributed by atoms with Gasteiger partial charge in [0, 0.05) is 0 Å². The van der Waals surface area contributed by atoms with Gasteiger partial charge in [-0.25, -0.2) is 18.2 Å². The van der Waals surface area contributed by atoms with E-state index in [1.165, 1.54) is 0 Å². The van der Waals surface area contributed by atoms with Crippen LogP contribution in [0, 0.1) is 5.82 Å². The molecule has 0 fully saturated rings. The lowest BCUT2D eigenvalue weighted by Crippen LogP contribution is -2.11. The van der Waals surface area contributed by atoms with Crippen LogP contribution in [0.3, 0.4) is 0 Å². The number of alkyl halides is 5. The molecule has 0 spiro atoms. The van der Waals surface area contributed by atoms with E-state index in [1.807, 2.05) is 0 Å². The molecule has 0 N–H and O–H groups in total. The molecule has 8 heteroatoms. The van der Waals surface area contributed by atoms with Crippen LogP contribution in [0.25, 0.3) is 0 Å². The van der Waals surface area contributed by atoms with Gasteiger partial charge in [0.05, 0.1) is 12.7 Å². The quantitative estimate of drug-likeness (QED) is 0.746. The zero-order valence-electron chi connectivity index (χ0n) is 7.78. The second kappa shape index (κ2) is 4.18. The number of aromatic nitrogens is 1. The Morgan fingerprint density at radius 1 is 1.31 bits per heavy atom. The summed E-state index contributed by atoms with van der Waals surface area (Å²) in [5, 5.41) is 0. The molecule has 1 aromatic rings. The molecular weight excluding hydrogens is 240 g/mol. The van der Waals surface area contributed by atoms with Crippen LogP contribution in [0.5, 0.6) is 5.88 Å². The zero-order chi connectivity index (χ0) is 12.5. The van der Waals surface area contributed by atoms with E-state index in [2.05, 4.69) is 9.72 Å². The first kappa shape index (κ1) is 12.6. The third-order valence-corrected chi connectivity index (χ3v) is 1.67. The van der Waals surface area contributed by atoms with Crippen molar-refractivity contribution >= 4 is 0 Å². The fourth-order valence-corrected chi connectivity index (χ4v) is 0.964. The monoisotopic (exact) mass is 245 g/mol. The smallest absolute Gasteiger partial charge is 0.433 e. The van der Waals surface area contributed by atoms with Gasteiger partial charge in [-0.1, -0.05) is 0 Å². The lowest BCUT2D eigenvalue weighted by atomic mass is 10.2. The van der Waals surface area contributed by atoms with E-state index in [0.29, 0.717) is 0 Å². The number of pyridine rings is 1. The first-order chi connectivity index (χ1) is 7.27. The van der Waals surface area contributed by atoms with Gasteiger partial charge in [-0.2, -0.15) is 13.2 Å². The summed E-state index contributed by atoms with van der Waals surface area (Å²) in [6.07, 6.45) is -8.32.